The molecule has 20 heavy (non-hydrogen) atoms. The fraction of sp³-hybridized carbons (Fsp3) is 0.375. The third-order valence-electron chi connectivity index (χ3n) is 3.22. The summed E-state index contributed by atoms with van der Waals surface area (Å²) in [5, 5.41) is 7.66. The molecule has 2 aromatic rings. The summed E-state index contributed by atoms with van der Waals surface area (Å²) in [4.78, 5) is 0. The third kappa shape index (κ3) is 3.84. The lowest BCUT2D eigenvalue weighted by Gasteiger charge is -2.17. The first-order valence-corrected chi connectivity index (χ1v) is 8.61. The standard InChI is InChI=1S/C16H20BrNOS/c1-3-4-9-19-13-7-5-12(6-8-13)16(18-2)14-10-20-11-15(14)17/h5-8,10-11,16,18H,3-4,9H2,1-2H3. The number of halogens is 1. The summed E-state index contributed by atoms with van der Waals surface area (Å²) in [5.41, 5.74) is 2.52. The van der Waals surface area contributed by atoms with Crippen molar-refractivity contribution in [3.63, 3.8) is 0 Å². The maximum atomic E-state index is 5.70. The van der Waals surface area contributed by atoms with Crippen LogP contribution in [-0.4, -0.2) is 13.7 Å². The Morgan fingerprint density at radius 1 is 1.25 bits per heavy atom. The lowest BCUT2D eigenvalue weighted by atomic mass is 10.0. The van der Waals surface area contributed by atoms with Gasteiger partial charge < -0.3 is 10.1 Å². The smallest absolute Gasteiger partial charge is 0.119 e. The Bertz CT molecular complexity index is 524. The second-order valence-electron chi connectivity index (χ2n) is 4.67. The van der Waals surface area contributed by atoms with Gasteiger partial charge >= 0.3 is 0 Å². The van der Waals surface area contributed by atoms with E-state index >= 15 is 0 Å². The minimum atomic E-state index is 0.209. The number of thiophene rings is 1. The average Bonchev–Trinajstić information content (AvgIpc) is 2.88. The molecular formula is C16H20BrNOS. The van der Waals surface area contributed by atoms with Crippen molar-refractivity contribution in [2.75, 3.05) is 13.7 Å². The van der Waals surface area contributed by atoms with Gasteiger partial charge in [-0.05, 0) is 58.0 Å². The molecule has 0 saturated heterocycles. The molecule has 0 aliphatic carbocycles. The minimum absolute atomic E-state index is 0.209. The van der Waals surface area contributed by atoms with Crippen molar-refractivity contribution in [2.24, 2.45) is 0 Å². The van der Waals surface area contributed by atoms with Crippen LogP contribution in [0.2, 0.25) is 0 Å². The van der Waals surface area contributed by atoms with E-state index < -0.39 is 0 Å². The molecule has 2 nitrogen and oxygen atoms in total. The molecule has 4 heteroatoms. The summed E-state index contributed by atoms with van der Waals surface area (Å²) in [6, 6.07) is 8.57. The van der Waals surface area contributed by atoms with Crippen molar-refractivity contribution < 1.29 is 4.74 Å². The molecule has 0 saturated carbocycles. The molecule has 0 aliphatic heterocycles. The summed E-state index contributed by atoms with van der Waals surface area (Å²) in [5.74, 6) is 0.946. The van der Waals surface area contributed by atoms with Crippen molar-refractivity contribution in [1.29, 1.82) is 0 Å². The van der Waals surface area contributed by atoms with E-state index in [1.165, 1.54) is 11.1 Å². The van der Waals surface area contributed by atoms with Crippen molar-refractivity contribution in [3.8, 4) is 5.75 Å². The van der Waals surface area contributed by atoms with Crippen molar-refractivity contribution in [2.45, 2.75) is 25.8 Å². The van der Waals surface area contributed by atoms with Crippen LogP contribution in [0.25, 0.3) is 0 Å². The monoisotopic (exact) mass is 353 g/mol. The van der Waals surface area contributed by atoms with Crippen LogP contribution in [0, 0.1) is 0 Å². The fourth-order valence-electron chi connectivity index (χ4n) is 2.09. The van der Waals surface area contributed by atoms with E-state index in [9.17, 15) is 0 Å². The minimum Gasteiger partial charge on any atom is -0.494 e. The Morgan fingerprint density at radius 2 is 2.00 bits per heavy atom. The van der Waals surface area contributed by atoms with Gasteiger partial charge in [-0.2, -0.15) is 11.3 Å². The lowest BCUT2D eigenvalue weighted by Crippen LogP contribution is -2.17. The number of hydrogen-bond acceptors (Lipinski definition) is 3. The number of ether oxygens (including phenoxy) is 1. The highest BCUT2D eigenvalue weighted by atomic mass is 79.9. The fourth-order valence-corrected chi connectivity index (χ4v) is 3.64. The van der Waals surface area contributed by atoms with E-state index in [2.05, 4.69) is 63.2 Å². The molecule has 1 unspecified atom stereocenters. The zero-order valence-electron chi connectivity index (χ0n) is 11.9. The Kier molecular flexibility index (Phi) is 6.07. The maximum absolute atomic E-state index is 5.70. The first-order valence-electron chi connectivity index (χ1n) is 6.88. The highest BCUT2D eigenvalue weighted by Gasteiger charge is 2.15. The Hall–Kier alpha value is -0.840. The summed E-state index contributed by atoms with van der Waals surface area (Å²) >= 11 is 5.32. The molecule has 1 aromatic heterocycles. The van der Waals surface area contributed by atoms with Gasteiger partial charge in [-0.15, -0.1) is 0 Å². The van der Waals surface area contributed by atoms with Gasteiger partial charge in [0.15, 0.2) is 0 Å². The second-order valence-corrected chi connectivity index (χ2v) is 6.27. The van der Waals surface area contributed by atoms with Gasteiger partial charge in [0.05, 0.1) is 12.6 Å². The number of nitrogens with one attached hydrogen (secondary N) is 1. The normalized spacial score (nSPS) is 12.3. The molecule has 1 aromatic carbocycles. The quantitative estimate of drug-likeness (QED) is 0.707. The zero-order valence-corrected chi connectivity index (χ0v) is 14.3. The summed E-state index contributed by atoms with van der Waals surface area (Å²) in [7, 11) is 1.99. The molecule has 1 heterocycles. The molecule has 0 aliphatic rings. The van der Waals surface area contributed by atoms with Gasteiger partial charge in [0.25, 0.3) is 0 Å². The highest BCUT2D eigenvalue weighted by molar-refractivity contribution is 9.10. The molecule has 0 amide bonds. The van der Waals surface area contributed by atoms with Crippen molar-refractivity contribution in [3.05, 3.63) is 50.6 Å². The number of hydrogen-bond donors (Lipinski definition) is 1. The second kappa shape index (κ2) is 7.81. The molecule has 0 fully saturated rings. The molecule has 0 bridgehead atoms. The highest BCUT2D eigenvalue weighted by Crippen LogP contribution is 2.32. The molecular weight excluding hydrogens is 334 g/mol. The summed E-state index contributed by atoms with van der Waals surface area (Å²) in [6.07, 6.45) is 2.26. The number of rotatable bonds is 7. The van der Waals surface area contributed by atoms with Gasteiger partial charge in [-0.25, -0.2) is 0 Å². The van der Waals surface area contributed by atoms with Gasteiger partial charge in [0.1, 0.15) is 5.75 Å². The van der Waals surface area contributed by atoms with Crippen LogP contribution in [-0.2, 0) is 0 Å². The number of unbranched alkanes of at least 4 members (excludes halogenated alkanes) is 1. The predicted octanol–water partition coefficient (Wildman–Crippen LogP) is 5.00. The molecule has 2 rings (SSSR count). The summed E-state index contributed by atoms with van der Waals surface area (Å²) < 4.78 is 6.86. The summed E-state index contributed by atoms with van der Waals surface area (Å²) in [6.45, 7) is 2.96. The maximum Gasteiger partial charge on any atom is 0.119 e. The Labute approximate surface area is 133 Å². The predicted molar refractivity (Wildman–Crippen MR) is 89.8 cm³/mol. The zero-order chi connectivity index (χ0) is 14.4. The van der Waals surface area contributed by atoms with Crippen LogP contribution < -0.4 is 10.1 Å². The Morgan fingerprint density at radius 3 is 2.55 bits per heavy atom. The van der Waals surface area contributed by atoms with Crippen LogP contribution in [0.15, 0.2) is 39.5 Å². The van der Waals surface area contributed by atoms with E-state index in [0.29, 0.717) is 0 Å². The van der Waals surface area contributed by atoms with E-state index in [-0.39, 0.29) is 6.04 Å². The molecule has 1 atom stereocenters. The topological polar surface area (TPSA) is 21.3 Å². The lowest BCUT2D eigenvalue weighted by molar-refractivity contribution is 0.309. The van der Waals surface area contributed by atoms with Crippen LogP contribution >= 0.6 is 27.3 Å². The number of benzene rings is 1. The van der Waals surface area contributed by atoms with E-state index in [4.69, 9.17) is 4.74 Å². The van der Waals surface area contributed by atoms with E-state index in [1.54, 1.807) is 11.3 Å². The SMILES string of the molecule is CCCCOc1ccc(C(NC)c2cscc2Br)cc1. The van der Waals surface area contributed by atoms with Crippen molar-refractivity contribution >= 4 is 27.3 Å². The third-order valence-corrected chi connectivity index (χ3v) is 4.97. The van der Waals surface area contributed by atoms with E-state index in [1.807, 2.05) is 7.05 Å². The van der Waals surface area contributed by atoms with Gasteiger partial charge in [0.2, 0.25) is 0 Å². The van der Waals surface area contributed by atoms with Gasteiger partial charge in [-0.1, -0.05) is 25.5 Å². The largest absolute Gasteiger partial charge is 0.494 e. The molecule has 0 spiro atoms. The first-order chi connectivity index (χ1) is 9.76. The van der Waals surface area contributed by atoms with Crippen LogP contribution in [0.4, 0.5) is 0 Å². The first kappa shape index (κ1) is 15.5. The van der Waals surface area contributed by atoms with Crippen molar-refractivity contribution in [1.82, 2.24) is 5.32 Å². The van der Waals surface area contributed by atoms with Crippen LogP contribution in [0.3, 0.4) is 0 Å². The van der Waals surface area contributed by atoms with Gasteiger partial charge in [-0.3, -0.25) is 0 Å². The molecule has 1 N–H and O–H groups in total. The Balaban J connectivity index is 2.10. The van der Waals surface area contributed by atoms with E-state index in [0.717, 1.165) is 29.7 Å². The van der Waals surface area contributed by atoms with Crippen LogP contribution in [0.5, 0.6) is 5.75 Å². The van der Waals surface area contributed by atoms with Gasteiger partial charge in [0, 0.05) is 9.85 Å². The molecule has 0 radical (unpaired) electrons. The average molecular weight is 354 g/mol. The molecule has 108 valence electrons. The van der Waals surface area contributed by atoms with Crippen LogP contribution in [0.1, 0.15) is 36.9 Å².